The van der Waals surface area contributed by atoms with Crippen molar-refractivity contribution < 1.29 is 4.79 Å². The minimum atomic E-state index is 0.145. The van der Waals surface area contributed by atoms with Crippen molar-refractivity contribution in [2.45, 2.75) is 42.0 Å². The summed E-state index contributed by atoms with van der Waals surface area (Å²) in [5.74, 6) is 0.355. The molecule has 1 atom stereocenters. The Morgan fingerprint density at radius 3 is 2.60 bits per heavy atom. The number of Topliss-reactive ketones (excluding diaryl/α,β-unsaturated/α-hetero) is 1. The summed E-state index contributed by atoms with van der Waals surface area (Å²) < 4.78 is 2.12. The molecule has 0 aromatic rings. The average molecular weight is 256 g/mol. The molecular formula is C8H16OTe. The van der Waals surface area contributed by atoms with Gasteiger partial charge in [0.05, 0.1) is 0 Å². The molecule has 0 spiro atoms. The van der Waals surface area contributed by atoms with E-state index in [1.54, 1.807) is 6.92 Å². The topological polar surface area (TPSA) is 17.1 Å². The van der Waals surface area contributed by atoms with Crippen LogP contribution in [0.25, 0.3) is 0 Å². The zero-order valence-corrected chi connectivity index (χ0v) is 9.35. The summed E-state index contributed by atoms with van der Waals surface area (Å²) in [6.07, 6.45) is 2.12. The fourth-order valence-electron chi connectivity index (χ4n) is 0.522. The molecule has 0 bridgehead atoms. The molecule has 0 rings (SSSR count). The van der Waals surface area contributed by atoms with Crippen molar-refractivity contribution in [2.24, 2.45) is 0 Å². The van der Waals surface area contributed by atoms with Crippen LogP contribution in [-0.2, 0) is 4.79 Å². The quantitative estimate of drug-likeness (QED) is 0.689. The molecule has 0 fully saturated rings. The fraction of sp³-hybridized carbons (Fsp3) is 0.875. The van der Waals surface area contributed by atoms with E-state index in [1.165, 1.54) is 10.9 Å². The second-order valence-electron chi connectivity index (χ2n) is 2.54. The Balaban J connectivity index is 3.11. The molecule has 0 aliphatic carbocycles. The van der Waals surface area contributed by atoms with Crippen molar-refractivity contribution in [3.05, 3.63) is 0 Å². The monoisotopic (exact) mass is 258 g/mol. The first-order valence-electron chi connectivity index (χ1n) is 3.77. The molecule has 0 N–H and O–H groups in total. The first kappa shape index (κ1) is 10.5. The van der Waals surface area contributed by atoms with E-state index in [-0.39, 0.29) is 20.9 Å². The van der Waals surface area contributed by atoms with Crippen molar-refractivity contribution >= 4 is 26.7 Å². The molecule has 1 nitrogen and oxygen atoms in total. The molecule has 0 aromatic carbocycles. The first-order chi connectivity index (χ1) is 4.66. The van der Waals surface area contributed by atoms with Crippen LogP contribution in [0.2, 0.25) is 8.43 Å². The molecule has 0 radical (unpaired) electrons. The van der Waals surface area contributed by atoms with E-state index in [1.807, 2.05) is 0 Å². The van der Waals surface area contributed by atoms with Crippen LogP contribution in [0.15, 0.2) is 0 Å². The van der Waals surface area contributed by atoms with Crippen LogP contribution in [0.5, 0.6) is 0 Å². The van der Waals surface area contributed by atoms with Crippen molar-refractivity contribution in [3.63, 3.8) is 0 Å². The summed E-state index contributed by atoms with van der Waals surface area (Å²) in [5, 5.41) is 0. The summed E-state index contributed by atoms with van der Waals surface area (Å²) in [6.45, 7) is 6.20. The molecule has 0 aromatic heterocycles. The molecule has 2 heteroatoms. The molecule has 60 valence electrons. The summed E-state index contributed by atoms with van der Waals surface area (Å²) in [6, 6.07) is 0. The second-order valence-corrected chi connectivity index (χ2v) is 6.96. The van der Waals surface area contributed by atoms with E-state index < -0.39 is 0 Å². The molecule has 1 unspecified atom stereocenters. The third-order valence-corrected chi connectivity index (χ3v) is 5.26. The molecular weight excluding hydrogens is 240 g/mol. The molecule has 0 heterocycles. The van der Waals surface area contributed by atoms with Gasteiger partial charge in [0.15, 0.2) is 0 Å². The van der Waals surface area contributed by atoms with Crippen molar-refractivity contribution in [1.29, 1.82) is 0 Å². The molecule has 0 aliphatic rings. The van der Waals surface area contributed by atoms with Crippen LogP contribution >= 0.6 is 0 Å². The van der Waals surface area contributed by atoms with Gasteiger partial charge >= 0.3 is 73.5 Å². The van der Waals surface area contributed by atoms with Crippen molar-refractivity contribution in [3.8, 4) is 0 Å². The zero-order valence-electron chi connectivity index (χ0n) is 7.02. The van der Waals surface area contributed by atoms with Crippen LogP contribution in [0, 0.1) is 0 Å². The predicted molar refractivity (Wildman–Crippen MR) is 45.6 cm³/mol. The summed E-state index contributed by atoms with van der Waals surface area (Å²) in [5.41, 5.74) is 0. The average Bonchev–Trinajstić information content (AvgIpc) is 1.87. The van der Waals surface area contributed by atoms with E-state index in [0.29, 0.717) is 5.78 Å². The zero-order chi connectivity index (χ0) is 7.98. The van der Waals surface area contributed by atoms with E-state index in [0.717, 1.165) is 10.4 Å². The third kappa shape index (κ3) is 6.58. The molecule has 10 heavy (non-hydrogen) atoms. The van der Waals surface area contributed by atoms with Crippen molar-refractivity contribution in [1.82, 2.24) is 0 Å². The van der Waals surface area contributed by atoms with Crippen LogP contribution in [0.4, 0.5) is 0 Å². The minimum absolute atomic E-state index is 0.145. The number of carbonyl (C=O) groups excluding carboxylic acids is 1. The second kappa shape index (κ2) is 6.19. The maximum atomic E-state index is 10.5. The molecule has 0 saturated carbocycles. The van der Waals surface area contributed by atoms with Crippen LogP contribution in [0.3, 0.4) is 0 Å². The van der Waals surface area contributed by atoms with E-state index in [9.17, 15) is 4.79 Å². The van der Waals surface area contributed by atoms with Crippen molar-refractivity contribution in [2.75, 3.05) is 0 Å². The summed E-state index contributed by atoms with van der Waals surface area (Å²) in [4.78, 5) is 10.5. The van der Waals surface area contributed by atoms with Gasteiger partial charge in [0.25, 0.3) is 0 Å². The standard InChI is InChI=1S/C8H16OTe/c1-4-8(3)10-6-5-7(2)9/h8H,4-6H2,1-3H3. The number of carbonyl (C=O) groups is 1. The van der Waals surface area contributed by atoms with Crippen LogP contribution in [0.1, 0.15) is 33.6 Å². The van der Waals surface area contributed by atoms with Gasteiger partial charge < -0.3 is 0 Å². The SMILES string of the molecule is CCC(C)[Te]CCC(C)=O. The number of ketones is 1. The van der Waals surface area contributed by atoms with Gasteiger partial charge in [-0.3, -0.25) is 0 Å². The van der Waals surface area contributed by atoms with E-state index >= 15 is 0 Å². The molecule has 0 aliphatic heterocycles. The van der Waals surface area contributed by atoms with Gasteiger partial charge in [0, 0.05) is 0 Å². The Labute approximate surface area is 73.7 Å². The number of hydrogen-bond acceptors (Lipinski definition) is 1. The summed E-state index contributed by atoms with van der Waals surface area (Å²) >= 11 is 0.145. The Morgan fingerprint density at radius 1 is 1.60 bits per heavy atom. The normalized spacial score (nSPS) is 13.1. The number of hydrogen-bond donors (Lipinski definition) is 0. The Hall–Kier alpha value is 0.460. The van der Waals surface area contributed by atoms with E-state index in [4.69, 9.17) is 0 Å². The van der Waals surface area contributed by atoms with Gasteiger partial charge in [-0.25, -0.2) is 0 Å². The maximum absolute atomic E-state index is 10.5. The van der Waals surface area contributed by atoms with Gasteiger partial charge in [-0.05, 0) is 0 Å². The fourth-order valence-corrected chi connectivity index (χ4v) is 3.50. The van der Waals surface area contributed by atoms with Gasteiger partial charge in [0.1, 0.15) is 0 Å². The van der Waals surface area contributed by atoms with Crippen LogP contribution in [-0.4, -0.2) is 26.7 Å². The summed E-state index contributed by atoms with van der Waals surface area (Å²) in [7, 11) is 0. The molecule has 0 amide bonds. The Bertz CT molecular complexity index is 101. The first-order valence-corrected chi connectivity index (χ1v) is 6.77. The van der Waals surface area contributed by atoms with E-state index in [2.05, 4.69) is 13.8 Å². The van der Waals surface area contributed by atoms with Gasteiger partial charge in [-0.15, -0.1) is 0 Å². The van der Waals surface area contributed by atoms with Gasteiger partial charge in [-0.2, -0.15) is 0 Å². The third-order valence-electron chi connectivity index (χ3n) is 1.43. The van der Waals surface area contributed by atoms with Gasteiger partial charge in [-0.1, -0.05) is 0 Å². The Kier molecular flexibility index (Phi) is 6.47. The Morgan fingerprint density at radius 2 is 2.20 bits per heavy atom. The number of rotatable bonds is 5. The van der Waals surface area contributed by atoms with Gasteiger partial charge in [0.2, 0.25) is 0 Å². The van der Waals surface area contributed by atoms with Crippen LogP contribution < -0.4 is 0 Å². The predicted octanol–water partition coefficient (Wildman–Crippen LogP) is 2.31. The molecule has 0 saturated heterocycles.